The molecule has 2 rings (SSSR count). The van der Waals surface area contributed by atoms with Gasteiger partial charge >= 0.3 is 5.97 Å². The Hall–Kier alpha value is -1.62. The lowest BCUT2D eigenvalue weighted by atomic mass is 9.97. The third-order valence-corrected chi connectivity index (χ3v) is 3.23. The van der Waals surface area contributed by atoms with Crippen molar-refractivity contribution < 1.29 is 19.4 Å². The van der Waals surface area contributed by atoms with E-state index in [0.29, 0.717) is 5.75 Å². The Morgan fingerprint density at radius 1 is 1.42 bits per heavy atom. The summed E-state index contributed by atoms with van der Waals surface area (Å²) in [7, 11) is 0. The first-order chi connectivity index (χ1) is 8.70. The van der Waals surface area contributed by atoms with Gasteiger partial charge in [0.25, 0.3) is 0 Å². The van der Waals surface area contributed by atoms with Crippen LogP contribution in [0.1, 0.15) is 44.5 Å². The fourth-order valence-electron chi connectivity index (χ4n) is 2.46. The smallest absolute Gasteiger partial charge is 0.337 e. The van der Waals surface area contributed by atoms with Crippen molar-refractivity contribution in [3.8, 4) is 5.75 Å². The van der Waals surface area contributed by atoms with Crippen LogP contribution in [-0.2, 0) is 4.74 Å². The van der Waals surface area contributed by atoms with Crippen molar-refractivity contribution in [1.82, 2.24) is 4.98 Å². The molecule has 5 heteroatoms. The van der Waals surface area contributed by atoms with Gasteiger partial charge in [-0.3, -0.25) is 4.98 Å². The van der Waals surface area contributed by atoms with E-state index in [4.69, 9.17) is 14.6 Å². The average molecular weight is 265 g/mol. The monoisotopic (exact) mass is 265 g/mol. The maximum atomic E-state index is 10.9. The van der Waals surface area contributed by atoms with Gasteiger partial charge in [-0.2, -0.15) is 0 Å². The molecule has 1 aliphatic heterocycles. The number of ether oxygens (including phenoxy) is 2. The predicted octanol–water partition coefficient (Wildman–Crippen LogP) is 2.50. The Morgan fingerprint density at radius 2 is 2.11 bits per heavy atom. The van der Waals surface area contributed by atoms with Crippen LogP contribution >= 0.6 is 0 Å². The molecule has 0 bridgehead atoms. The van der Waals surface area contributed by atoms with Crippen LogP contribution in [-0.4, -0.2) is 33.4 Å². The molecule has 0 radical (unpaired) electrons. The van der Waals surface area contributed by atoms with Crippen molar-refractivity contribution in [2.24, 2.45) is 0 Å². The van der Waals surface area contributed by atoms with Gasteiger partial charge in [0.1, 0.15) is 17.5 Å². The maximum Gasteiger partial charge on any atom is 0.337 e. The number of carboxylic acid groups (broad SMARTS) is 1. The molecule has 1 aromatic heterocycles. The second-order valence-corrected chi connectivity index (χ2v) is 5.99. The van der Waals surface area contributed by atoms with E-state index in [0.717, 1.165) is 6.42 Å². The van der Waals surface area contributed by atoms with E-state index in [1.54, 1.807) is 0 Å². The molecular weight excluding hydrogens is 246 g/mol. The SMILES string of the molecule is CC1(C)CC(Oc2cncc(C(=O)O)c2)C(C)(C)O1. The van der Waals surface area contributed by atoms with E-state index in [9.17, 15) is 4.79 Å². The van der Waals surface area contributed by atoms with Crippen molar-refractivity contribution in [2.45, 2.75) is 51.4 Å². The summed E-state index contributed by atoms with van der Waals surface area (Å²) in [6.07, 6.45) is 3.44. The zero-order valence-corrected chi connectivity index (χ0v) is 11.6. The van der Waals surface area contributed by atoms with Gasteiger partial charge < -0.3 is 14.6 Å². The molecule has 104 valence electrons. The van der Waals surface area contributed by atoms with Crippen LogP contribution < -0.4 is 4.74 Å². The molecule has 1 atom stereocenters. The number of rotatable bonds is 3. The normalized spacial score (nSPS) is 24.1. The van der Waals surface area contributed by atoms with Gasteiger partial charge in [0.15, 0.2) is 0 Å². The first-order valence-electron chi connectivity index (χ1n) is 6.25. The molecule has 0 spiro atoms. The van der Waals surface area contributed by atoms with Gasteiger partial charge in [0.2, 0.25) is 0 Å². The number of hydrogen-bond acceptors (Lipinski definition) is 4. The average Bonchev–Trinajstić information content (AvgIpc) is 2.47. The molecule has 1 N–H and O–H groups in total. The molecule has 0 saturated carbocycles. The summed E-state index contributed by atoms with van der Waals surface area (Å²) in [6.45, 7) is 7.98. The van der Waals surface area contributed by atoms with Crippen LogP contribution in [0, 0.1) is 0 Å². The van der Waals surface area contributed by atoms with Crippen LogP contribution in [0.15, 0.2) is 18.5 Å². The molecule has 19 heavy (non-hydrogen) atoms. The zero-order chi connectivity index (χ0) is 14.3. The molecule has 1 saturated heterocycles. The summed E-state index contributed by atoms with van der Waals surface area (Å²) < 4.78 is 11.8. The van der Waals surface area contributed by atoms with E-state index in [-0.39, 0.29) is 17.3 Å². The Bertz CT molecular complexity index is 496. The summed E-state index contributed by atoms with van der Waals surface area (Å²) >= 11 is 0. The van der Waals surface area contributed by atoms with Crippen LogP contribution in [0.2, 0.25) is 0 Å². The molecular formula is C14H19NO4. The highest BCUT2D eigenvalue weighted by Crippen LogP contribution is 2.39. The lowest BCUT2D eigenvalue weighted by Crippen LogP contribution is -2.36. The maximum absolute atomic E-state index is 10.9. The molecule has 1 aliphatic rings. The minimum Gasteiger partial charge on any atom is -0.486 e. The number of aromatic nitrogens is 1. The highest BCUT2D eigenvalue weighted by Gasteiger charge is 2.47. The largest absolute Gasteiger partial charge is 0.486 e. The van der Waals surface area contributed by atoms with Gasteiger partial charge in [0, 0.05) is 12.6 Å². The fraction of sp³-hybridized carbons (Fsp3) is 0.571. The number of carbonyl (C=O) groups is 1. The Kier molecular flexibility index (Phi) is 3.26. The minimum absolute atomic E-state index is 0.119. The molecule has 0 amide bonds. The summed E-state index contributed by atoms with van der Waals surface area (Å²) in [5, 5.41) is 8.94. The number of nitrogens with zero attached hydrogens (tertiary/aromatic N) is 1. The molecule has 1 aromatic rings. The molecule has 5 nitrogen and oxygen atoms in total. The van der Waals surface area contributed by atoms with E-state index in [1.807, 2.05) is 27.7 Å². The zero-order valence-electron chi connectivity index (χ0n) is 11.6. The number of aromatic carboxylic acids is 1. The second-order valence-electron chi connectivity index (χ2n) is 5.99. The van der Waals surface area contributed by atoms with Gasteiger partial charge in [0.05, 0.1) is 17.4 Å². The molecule has 0 aliphatic carbocycles. The molecule has 0 aromatic carbocycles. The standard InChI is InChI=1S/C14H19NO4/c1-13(2)6-11(14(3,4)19-13)18-10-5-9(12(16)17)7-15-8-10/h5,7-8,11H,6H2,1-4H3,(H,16,17). The quantitative estimate of drug-likeness (QED) is 0.909. The number of carboxylic acids is 1. The topological polar surface area (TPSA) is 68.7 Å². The summed E-state index contributed by atoms with van der Waals surface area (Å²) in [5.41, 5.74) is -0.539. The molecule has 2 heterocycles. The van der Waals surface area contributed by atoms with Crippen LogP contribution in [0.4, 0.5) is 0 Å². The van der Waals surface area contributed by atoms with Crippen molar-refractivity contribution in [1.29, 1.82) is 0 Å². The van der Waals surface area contributed by atoms with E-state index < -0.39 is 11.6 Å². The third kappa shape index (κ3) is 3.04. The summed E-state index contributed by atoms with van der Waals surface area (Å²) in [5.74, 6) is -0.556. The first-order valence-corrected chi connectivity index (χ1v) is 6.25. The predicted molar refractivity (Wildman–Crippen MR) is 69.5 cm³/mol. The summed E-state index contributed by atoms with van der Waals surface area (Å²) in [4.78, 5) is 14.8. The second kappa shape index (κ2) is 4.49. The number of pyridine rings is 1. The van der Waals surface area contributed by atoms with Crippen molar-refractivity contribution in [3.63, 3.8) is 0 Å². The van der Waals surface area contributed by atoms with Gasteiger partial charge in [-0.25, -0.2) is 4.79 Å². The Balaban J connectivity index is 2.17. The van der Waals surface area contributed by atoms with Gasteiger partial charge in [-0.05, 0) is 33.8 Å². The van der Waals surface area contributed by atoms with Crippen molar-refractivity contribution >= 4 is 5.97 Å². The Labute approximate surface area is 112 Å². The van der Waals surface area contributed by atoms with E-state index >= 15 is 0 Å². The summed E-state index contributed by atoms with van der Waals surface area (Å²) in [6, 6.07) is 1.48. The van der Waals surface area contributed by atoms with Gasteiger partial charge in [-0.15, -0.1) is 0 Å². The van der Waals surface area contributed by atoms with Crippen LogP contribution in [0.3, 0.4) is 0 Å². The van der Waals surface area contributed by atoms with Crippen molar-refractivity contribution in [3.05, 3.63) is 24.0 Å². The minimum atomic E-state index is -1.01. The van der Waals surface area contributed by atoms with Crippen molar-refractivity contribution in [2.75, 3.05) is 0 Å². The highest BCUT2D eigenvalue weighted by atomic mass is 16.6. The lowest BCUT2D eigenvalue weighted by Gasteiger charge is -2.27. The fourth-order valence-corrected chi connectivity index (χ4v) is 2.46. The van der Waals surface area contributed by atoms with E-state index in [1.165, 1.54) is 18.5 Å². The number of hydrogen-bond donors (Lipinski definition) is 1. The molecule has 1 unspecified atom stereocenters. The highest BCUT2D eigenvalue weighted by molar-refractivity contribution is 5.87. The van der Waals surface area contributed by atoms with Crippen LogP contribution in [0.5, 0.6) is 5.75 Å². The third-order valence-electron chi connectivity index (χ3n) is 3.23. The lowest BCUT2D eigenvalue weighted by molar-refractivity contribution is -0.0846. The van der Waals surface area contributed by atoms with E-state index in [2.05, 4.69) is 4.98 Å². The molecule has 1 fully saturated rings. The first kappa shape index (κ1) is 13.8. The Morgan fingerprint density at radius 3 is 2.63 bits per heavy atom. The van der Waals surface area contributed by atoms with Gasteiger partial charge in [-0.1, -0.05) is 0 Å². The van der Waals surface area contributed by atoms with Crippen LogP contribution in [0.25, 0.3) is 0 Å².